The molecule has 0 aromatic carbocycles. The first kappa shape index (κ1) is 13.5. The standard InChI is InChI=1S/C11H16N4O4/c1-2-3-8-12-9(14-13-8)10(17)15-5-6(16)4-7(15)11(18)19/h6-7,16H,2-5H2,1H3,(H,18,19)(H,12,13,14)/t6-,7-/m1/s1. The Hall–Kier alpha value is -1.96. The molecule has 2 atom stereocenters. The number of carbonyl (C=O) groups is 2. The predicted molar refractivity (Wildman–Crippen MR) is 63.5 cm³/mol. The van der Waals surface area contributed by atoms with Crippen LogP contribution in [0.25, 0.3) is 0 Å². The summed E-state index contributed by atoms with van der Waals surface area (Å²) in [5, 5.41) is 25.0. The molecule has 8 heteroatoms. The molecule has 1 aliphatic heterocycles. The van der Waals surface area contributed by atoms with Gasteiger partial charge >= 0.3 is 5.97 Å². The number of aliphatic carboxylic acids is 1. The topological polar surface area (TPSA) is 119 Å². The maximum atomic E-state index is 12.1. The molecular formula is C11H16N4O4. The van der Waals surface area contributed by atoms with Crippen molar-refractivity contribution in [3.05, 3.63) is 11.6 Å². The smallest absolute Gasteiger partial charge is 0.326 e. The summed E-state index contributed by atoms with van der Waals surface area (Å²) in [6.07, 6.45) is 0.751. The molecular weight excluding hydrogens is 252 g/mol. The molecule has 1 amide bonds. The lowest BCUT2D eigenvalue weighted by molar-refractivity contribution is -0.141. The van der Waals surface area contributed by atoms with Crippen LogP contribution in [0.15, 0.2) is 0 Å². The lowest BCUT2D eigenvalue weighted by atomic mass is 10.2. The Kier molecular flexibility index (Phi) is 3.79. The molecule has 0 unspecified atom stereocenters. The number of H-pyrrole nitrogens is 1. The zero-order chi connectivity index (χ0) is 14.0. The SMILES string of the molecule is CCCc1nc(C(=O)N2C[C@H](O)C[C@@H]2C(=O)O)n[nH]1. The van der Waals surface area contributed by atoms with Crippen LogP contribution in [0.1, 0.15) is 36.2 Å². The number of aromatic nitrogens is 3. The number of carboxylic acid groups (broad SMARTS) is 1. The zero-order valence-electron chi connectivity index (χ0n) is 10.5. The Morgan fingerprint density at radius 1 is 1.53 bits per heavy atom. The maximum Gasteiger partial charge on any atom is 0.326 e. The number of amides is 1. The van der Waals surface area contributed by atoms with Gasteiger partial charge in [-0.2, -0.15) is 0 Å². The van der Waals surface area contributed by atoms with E-state index in [4.69, 9.17) is 5.11 Å². The molecule has 0 radical (unpaired) electrons. The molecule has 0 bridgehead atoms. The van der Waals surface area contributed by atoms with Gasteiger partial charge in [-0.05, 0) is 6.42 Å². The molecule has 0 saturated carbocycles. The second kappa shape index (κ2) is 5.35. The van der Waals surface area contributed by atoms with Crippen LogP contribution in [0.4, 0.5) is 0 Å². The summed E-state index contributed by atoms with van der Waals surface area (Å²) in [7, 11) is 0. The van der Waals surface area contributed by atoms with Gasteiger partial charge in [0.1, 0.15) is 11.9 Å². The maximum absolute atomic E-state index is 12.1. The van der Waals surface area contributed by atoms with Gasteiger partial charge in [-0.25, -0.2) is 9.78 Å². The average Bonchev–Trinajstić information content (AvgIpc) is 2.95. The second-order valence-corrected chi connectivity index (χ2v) is 4.56. The highest BCUT2D eigenvalue weighted by molar-refractivity contribution is 5.94. The summed E-state index contributed by atoms with van der Waals surface area (Å²) in [5.41, 5.74) is 0. The number of aliphatic hydroxyl groups is 1. The number of β-amino-alcohol motifs (C(OH)–C–C–N with tert-alkyl or cyclic N) is 1. The van der Waals surface area contributed by atoms with Crippen molar-refractivity contribution >= 4 is 11.9 Å². The highest BCUT2D eigenvalue weighted by Gasteiger charge is 2.40. The molecule has 0 spiro atoms. The van der Waals surface area contributed by atoms with Gasteiger partial charge in [0.05, 0.1) is 6.10 Å². The summed E-state index contributed by atoms with van der Waals surface area (Å²) in [6.45, 7) is 1.97. The van der Waals surface area contributed by atoms with Crippen LogP contribution in [0.5, 0.6) is 0 Å². The van der Waals surface area contributed by atoms with Crippen molar-refractivity contribution in [2.75, 3.05) is 6.54 Å². The molecule has 2 heterocycles. The Morgan fingerprint density at radius 3 is 2.89 bits per heavy atom. The Morgan fingerprint density at radius 2 is 2.26 bits per heavy atom. The molecule has 8 nitrogen and oxygen atoms in total. The second-order valence-electron chi connectivity index (χ2n) is 4.56. The van der Waals surface area contributed by atoms with Gasteiger partial charge in [0.25, 0.3) is 5.91 Å². The van der Waals surface area contributed by atoms with Crippen molar-refractivity contribution in [2.45, 2.75) is 38.3 Å². The van der Waals surface area contributed by atoms with Gasteiger partial charge in [0, 0.05) is 19.4 Å². The van der Waals surface area contributed by atoms with Crippen molar-refractivity contribution in [2.24, 2.45) is 0 Å². The number of carbonyl (C=O) groups excluding carboxylic acids is 1. The lowest BCUT2D eigenvalue weighted by Crippen LogP contribution is -2.41. The van der Waals surface area contributed by atoms with Crippen LogP contribution in [-0.2, 0) is 11.2 Å². The van der Waals surface area contributed by atoms with Crippen LogP contribution in [-0.4, -0.2) is 60.9 Å². The van der Waals surface area contributed by atoms with E-state index in [-0.39, 0.29) is 18.8 Å². The van der Waals surface area contributed by atoms with Gasteiger partial charge in [-0.1, -0.05) is 6.92 Å². The summed E-state index contributed by atoms with van der Waals surface area (Å²) < 4.78 is 0. The average molecular weight is 268 g/mol. The Balaban J connectivity index is 2.15. The van der Waals surface area contributed by atoms with E-state index >= 15 is 0 Å². The summed E-state index contributed by atoms with van der Waals surface area (Å²) in [5.74, 6) is -1.15. The lowest BCUT2D eigenvalue weighted by Gasteiger charge is -2.19. The largest absolute Gasteiger partial charge is 0.480 e. The van der Waals surface area contributed by atoms with Gasteiger partial charge in [0.15, 0.2) is 0 Å². The Bertz CT molecular complexity index is 487. The molecule has 1 saturated heterocycles. The number of aryl methyl sites for hydroxylation is 1. The summed E-state index contributed by atoms with van der Waals surface area (Å²) >= 11 is 0. The number of nitrogens with zero attached hydrogens (tertiary/aromatic N) is 3. The van der Waals surface area contributed by atoms with E-state index < -0.39 is 24.0 Å². The number of aliphatic hydroxyl groups excluding tert-OH is 1. The van der Waals surface area contributed by atoms with Crippen molar-refractivity contribution in [1.29, 1.82) is 0 Å². The minimum atomic E-state index is -1.13. The molecule has 1 aromatic rings. The van der Waals surface area contributed by atoms with E-state index in [1.165, 1.54) is 0 Å². The number of aromatic amines is 1. The van der Waals surface area contributed by atoms with Gasteiger partial charge in [0.2, 0.25) is 5.82 Å². The van der Waals surface area contributed by atoms with Crippen LogP contribution < -0.4 is 0 Å². The molecule has 1 aliphatic rings. The Labute approximate surface area is 109 Å². The molecule has 1 aromatic heterocycles. The van der Waals surface area contributed by atoms with Crippen molar-refractivity contribution < 1.29 is 19.8 Å². The van der Waals surface area contributed by atoms with Crippen molar-refractivity contribution in [1.82, 2.24) is 20.1 Å². The van der Waals surface area contributed by atoms with Crippen LogP contribution in [0, 0.1) is 0 Å². The summed E-state index contributed by atoms with van der Waals surface area (Å²) in [6, 6.07) is -1.02. The van der Waals surface area contributed by atoms with E-state index in [9.17, 15) is 14.7 Å². The molecule has 0 aliphatic carbocycles. The van der Waals surface area contributed by atoms with Crippen LogP contribution in [0.3, 0.4) is 0 Å². The first-order valence-corrected chi connectivity index (χ1v) is 6.16. The van der Waals surface area contributed by atoms with Crippen LogP contribution in [0.2, 0.25) is 0 Å². The minimum absolute atomic E-state index is 0.00650. The van der Waals surface area contributed by atoms with E-state index in [1.807, 2.05) is 6.92 Å². The number of rotatable bonds is 4. The zero-order valence-corrected chi connectivity index (χ0v) is 10.5. The number of hydrogen-bond acceptors (Lipinski definition) is 5. The molecule has 3 N–H and O–H groups in total. The first-order chi connectivity index (χ1) is 9.02. The number of nitrogens with one attached hydrogen (secondary N) is 1. The van der Waals surface area contributed by atoms with E-state index in [2.05, 4.69) is 15.2 Å². The predicted octanol–water partition coefficient (Wildman–Crippen LogP) is -0.583. The summed E-state index contributed by atoms with van der Waals surface area (Å²) in [4.78, 5) is 28.3. The normalized spacial score (nSPS) is 22.7. The molecule has 19 heavy (non-hydrogen) atoms. The third-order valence-corrected chi connectivity index (χ3v) is 3.03. The van der Waals surface area contributed by atoms with E-state index in [1.54, 1.807) is 0 Å². The van der Waals surface area contributed by atoms with Gasteiger partial charge < -0.3 is 15.1 Å². The highest BCUT2D eigenvalue weighted by atomic mass is 16.4. The molecule has 104 valence electrons. The monoisotopic (exact) mass is 268 g/mol. The van der Waals surface area contributed by atoms with E-state index in [0.717, 1.165) is 11.3 Å². The fourth-order valence-electron chi connectivity index (χ4n) is 2.14. The molecule has 2 rings (SSSR count). The van der Waals surface area contributed by atoms with E-state index in [0.29, 0.717) is 12.2 Å². The third-order valence-electron chi connectivity index (χ3n) is 3.03. The fraction of sp³-hybridized carbons (Fsp3) is 0.636. The van der Waals surface area contributed by atoms with Crippen molar-refractivity contribution in [3.8, 4) is 0 Å². The number of hydrogen-bond donors (Lipinski definition) is 3. The minimum Gasteiger partial charge on any atom is -0.480 e. The number of carboxylic acids is 1. The van der Waals surface area contributed by atoms with Crippen molar-refractivity contribution in [3.63, 3.8) is 0 Å². The molecule has 1 fully saturated rings. The van der Waals surface area contributed by atoms with Gasteiger partial charge in [-0.3, -0.25) is 9.89 Å². The van der Waals surface area contributed by atoms with Crippen LogP contribution >= 0.6 is 0 Å². The number of likely N-dealkylation sites (tertiary alicyclic amines) is 1. The quantitative estimate of drug-likeness (QED) is 0.672. The van der Waals surface area contributed by atoms with Gasteiger partial charge in [-0.15, -0.1) is 5.10 Å². The highest BCUT2D eigenvalue weighted by Crippen LogP contribution is 2.19. The fourth-order valence-corrected chi connectivity index (χ4v) is 2.14. The first-order valence-electron chi connectivity index (χ1n) is 6.16. The third kappa shape index (κ3) is 2.73.